The van der Waals surface area contributed by atoms with Crippen LogP contribution >= 0.6 is 11.6 Å². The molecule has 0 N–H and O–H groups in total. The maximum absolute atomic E-state index is 11.9. The Morgan fingerprint density at radius 3 is 2.76 bits per heavy atom. The molecule has 1 fully saturated rings. The molecule has 3 rings (SSSR count). The van der Waals surface area contributed by atoms with Crippen molar-refractivity contribution in [2.75, 3.05) is 19.8 Å². The van der Waals surface area contributed by atoms with Gasteiger partial charge in [0.2, 0.25) is 0 Å². The van der Waals surface area contributed by atoms with Crippen molar-refractivity contribution in [3.63, 3.8) is 0 Å². The maximum Gasteiger partial charge on any atom is 0.330 e. The Kier molecular flexibility index (Phi) is 5.25. The second-order valence-corrected chi connectivity index (χ2v) is 7.04. The summed E-state index contributed by atoms with van der Waals surface area (Å²) in [6.45, 7) is 6.09. The minimum atomic E-state index is -0.389. The van der Waals surface area contributed by atoms with Gasteiger partial charge in [0.25, 0.3) is 0 Å². The van der Waals surface area contributed by atoms with Crippen LogP contribution in [-0.4, -0.2) is 35.6 Å². The molecule has 1 aromatic carbocycles. The van der Waals surface area contributed by atoms with Gasteiger partial charge in [-0.25, -0.2) is 9.48 Å². The highest BCUT2D eigenvalue weighted by Crippen LogP contribution is 2.27. The summed E-state index contributed by atoms with van der Waals surface area (Å²) < 4.78 is 12.1. The topological polar surface area (TPSA) is 53.4 Å². The standard InChI is InChI=1S/C19H21ClN2O3/c1-14-16(8-9-17(23)25-13-19(2)11-24-12-19)18(20)22(21-14)10-15-6-4-3-5-7-15/h3-9H,10-13H2,1-2H3/b9-8+. The lowest BCUT2D eigenvalue weighted by molar-refractivity contribution is -0.160. The lowest BCUT2D eigenvalue weighted by atomic mass is 9.90. The average molecular weight is 361 g/mol. The number of nitrogens with zero attached hydrogens (tertiary/aromatic N) is 2. The minimum Gasteiger partial charge on any atom is -0.462 e. The first-order valence-electron chi connectivity index (χ1n) is 8.16. The molecule has 2 heterocycles. The van der Waals surface area contributed by atoms with Gasteiger partial charge in [0.1, 0.15) is 11.8 Å². The van der Waals surface area contributed by atoms with E-state index in [1.165, 1.54) is 6.08 Å². The summed E-state index contributed by atoms with van der Waals surface area (Å²) in [5, 5.41) is 4.96. The summed E-state index contributed by atoms with van der Waals surface area (Å²) in [5.41, 5.74) is 2.55. The number of hydrogen-bond donors (Lipinski definition) is 0. The van der Waals surface area contributed by atoms with Gasteiger partial charge in [-0.05, 0) is 18.6 Å². The van der Waals surface area contributed by atoms with Gasteiger partial charge in [-0.2, -0.15) is 5.10 Å². The fourth-order valence-electron chi connectivity index (χ4n) is 2.60. The van der Waals surface area contributed by atoms with Crippen LogP contribution in [-0.2, 0) is 20.8 Å². The number of halogens is 1. The summed E-state index contributed by atoms with van der Waals surface area (Å²) in [6.07, 6.45) is 3.06. The van der Waals surface area contributed by atoms with Gasteiger partial charge < -0.3 is 9.47 Å². The Bertz CT molecular complexity index is 779. The second kappa shape index (κ2) is 7.42. The number of aromatic nitrogens is 2. The van der Waals surface area contributed by atoms with E-state index in [1.54, 1.807) is 10.8 Å². The highest BCUT2D eigenvalue weighted by molar-refractivity contribution is 6.31. The molecule has 132 valence electrons. The smallest absolute Gasteiger partial charge is 0.330 e. The van der Waals surface area contributed by atoms with Crippen molar-refractivity contribution >= 4 is 23.6 Å². The molecule has 0 atom stereocenters. The monoisotopic (exact) mass is 360 g/mol. The van der Waals surface area contributed by atoms with E-state index in [-0.39, 0.29) is 11.4 Å². The number of carbonyl (C=O) groups excluding carboxylic acids is 1. The van der Waals surface area contributed by atoms with Gasteiger partial charge in [0, 0.05) is 17.1 Å². The van der Waals surface area contributed by atoms with E-state index < -0.39 is 0 Å². The Morgan fingerprint density at radius 2 is 2.12 bits per heavy atom. The number of ether oxygens (including phenoxy) is 2. The highest BCUT2D eigenvalue weighted by atomic mass is 35.5. The van der Waals surface area contributed by atoms with E-state index in [1.807, 2.05) is 44.2 Å². The van der Waals surface area contributed by atoms with Crippen LogP contribution in [0.2, 0.25) is 5.15 Å². The van der Waals surface area contributed by atoms with Crippen molar-refractivity contribution in [3.05, 3.63) is 58.4 Å². The lowest BCUT2D eigenvalue weighted by Gasteiger charge is -2.36. The molecule has 1 aliphatic rings. The van der Waals surface area contributed by atoms with Crippen molar-refractivity contribution in [1.82, 2.24) is 9.78 Å². The van der Waals surface area contributed by atoms with Gasteiger partial charge in [0.15, 0.2) is 0 Å². The van der Waals surface area contributed by atoms with E-state index in [9.17, 15) is 4.79 Å². The fraction of sp³-hybridized carbons (Fsp3) is 0.368. The molecule has 5 nitrogen and oxygen atoms in total. The number of esters is 1. The summed E-state index contributed by atoms with van der Waals surface area (Å²) in [5.74, 6) is -0.389. The van der Waals surface area contributed by atoms with Gasteiger partial charge in [-0.3, -0.25) is 0 Å². The van der Waals surface area contributed by atoms with Crippen molar-refractivity contribution in [3.8, 4) is 0 Å². The largest absolute Gasteiger partial charge is 0.462 e. The predicted octanol–water partition coefficient (Wildman–Crippen LogP) is 3.49. The van der Waals surface area contributed by atoms with E-state index in [0.29, 0.717) is 31.5 Å². The number of benzene rings is 1. The molecule has 0 aliphatic carbocycles. The molecule has 0 radical (unpaired) electrons. The van der Waals surface area contributed by atoms with Crippen molar-refractivity contribution in [2.45, 2.75) is 20.4 Å². The Morgan fingerprint density at radius 1 is 1.40 bits per heavy atom. The summed E-state index contributed by atoms with van der Waals surface area (Å²) in [4.78, 5) is 11.9. The second-order valence-electron chi connectivity index (χ2n) is 6.68. The zero-order chi connectivity index (χ0) is 17.9. The SMILES string of the molecule is Cc1nn(Cc2ccccc2)c(Cl)c1/C=C/C(=O)OCC1(C)COC1. The predicted molar refractivity (Wildman–Crippen MR) is 96.4 cm³/mol. The maximum atomic E-state index is 11.9. The number of aryl methyl sites for hydroxylation is 1. The average Bonchev–Trinajstić information content (AvgIpc) is 2.84. The Balaban J connectivity index is 1.64. The van der Waals surface area contributed by atoms with Gasteiger partial charge in [-0.1, -0.05) is 48.9 Å². The molecular formula is C19H21ClN2O3. The molecule has 1 saturated heterocycles. The third-order valence-corrected chi connectivity index (χ3v) is 4.53. The number of rotatable bonds is 6. The number of carbonyl (C=O) groups is 1. The first-order valence-corrected chi connectivity index (χ1v) is 8.54. The fourth-order valence-corrected chi connectivity index (χ4v) is 2.89. The third kappa shape index (κ3) is 4.30. The molecule has 1 aromatic heterocycles. The van der Waals surface area contributed by atoms with Gasteiger partial charge in [0.05, 0.1) is 25.5 Å². The third-order valence-electron chi connectivity index (χ3n) is 4.13. The molecular weight excluding hydrogens is 340 g/mol. The van der Waals surface area contributed by atoms with Crippen molar-refractivity contribution < 1.29 is 14.3 Å². The molecule has 0 spiro atoms. The van der Waals surface area contributed by atoms with Crippen LogP contribution < -0.4 is 0 Å². The number of hydrogen-bond acceptors (Lipinski definition) is 4. The van der Waals surface area contributed by atoms with Crippen LogP contribution in [0, 0.1) is 12.3 Å². The first kappa shape index (κ1) is 17.7. The summed E-state index contributed by atoms with van der Waals surface area (Å²) in [7, 11) is 0. The van der Waals surface area contributed by atoms with E-state index in [0.717, 1.165) is 16.8 Å². The minimum absolute atomic E-state index is 0.0579. The highest BCUT2D eigenvalue weighted by Gasteiger charge is 2.34. The molecule has 1 aliphatic heterocycles. The van der Waals surface area contributed by atoms with Crippen molar-refractivity contribution in [1.29, 1.82) is 0 Å². The van der Waals surface area contributed by atoms with Gasteiger partial charge in [-0.15, -0.1) is 0 Å². The van der Waals surface area contributed by atoms with E-state index >= 15 is 0 Å². The normalized spacial score (nSPS) is 16.0. The van der Waals surface area contributed by atoms with Crippen LogP contribution in [0.25, 0.3) is 6.08 Å². The van der Waals surface area contributed by atoms with Crippen LogP contribution in [0.5, 0.6) is 0 Å². The first-order chi connectivity index (χ1) is 12.0. The Hall–Kier alpha value is -2.11. The molecule has 6 heteroatoms. The Labute approximate surface area is 152 Å². The molecule has 2 aromatic rings. The van der Waals surface area contributed by atoms with Gasteiger partial charge >= 0.3 is 5.97 Å². The molecule has 25 heavy (non-hydrogen) atoms. The van der Waals surface area contributed by atoms with Crippen molar-refractivity contribution in [2.24, 2.45) is 5.41 Å². The molecule has 0 unspecified atom stereocenters. The van der Waals surface area contributed by atoms with Crippen LogP contribution in [0.15, 0.2) is 36.4 Å². The lowest BCUT2D eigenvalue weighted by Crippen LogP contribution is -2.43. The summed E-state index contributed by atoms with van der Waals surface area (Å²) in [6, 6.07) is 9.96. The summed E-state index contributed by atoms with van der Waals surface area (Å²) >= 11 is 6.42. The van der Waals surface area contributed by atoms with Crippen LogP contribution in [0.4, 0.5) is 0 Å². The quantitative estimate of drug-likeness (QED) is 0.584. The zero-order valence-corrected chi connectivity index (χ0v) is 15.1. The molecule has 0 bridgehead atoms. The zero-order valence-electron chi connectivity index (χ0n) is 14.4. The molecule has 0 saturated carbocycles. The van der Waals surface area contributed by atoms with Crippen LogP contribution in [0.1, 0.15) is 23.7 Å². The van der Waals surface area contributed by atoms with E-state index in [4.69, 9.17) is 21.1 Å². The molecule has 0 amide bonds. The van der Waals surface area contributed by atoms with E-state index in [2.05, 4.69) is 5.10 Å². The van der Waals surface area contributed by atoms with Crippen LogP contribution in [0.3, 0.4) is 0 Å².